The van der Waals surface area contributed by atoms with Crippen molar-refractivity contribution in [2.24, 2.45) is 0 Å². The highest BCUT2D eigenvalue weighted by molar-refractivity contribution is 9.10. The number of nitrogens with zero attached hydrogens (tertiary/aromatic N) is 4. The summed E-state index contributed by atoms with van der Waals surface area (Å²) in [6.45, 7) is 0. The van der Waals surface area contributed by atoms with Crippen LogP contribution in [0.4, 0.5) is 0 Å². The molecule has 0 N–H and O–H groups in total. The molecule has 0 fully saturated rings. The van der Waals surface area contributed by atoms with Crippen LogP contribution in [0, 0.1) is 0 Å². The monoisotopic (exact) mass is 284 g/mol. The summed E-state index contributed by atoms with van der Waals surface area (Å²) in [5.74, 6) is 1.24. The molecule has 0 aromatic carbocycles. The van der Waals surface area contributed by atoms with Gasteiger partial charge in [-0.2, -0.15) is 15.1 Å². The Labute approximate surface area is 100 Å². The lowest BCUT2D eigenvalue weighted by Crippen LogP contribution is -2.04. The first-order chi connectivity index (χ1) is 7.72. The highest BCUT2D eigenvalue weighted by Crippen LogP contribution is 2.17. The van der Waals surface area contributed by atoms with E-state index in [1.54, 1.807) is 18.5 Å². The normalized spacial score (nSPS) is 10.2. The number of hydrogen-bond donors (Lipinski definition) is 0. The smallest absolute Gasteiger partial charge is 0.257 e. The summed E-state index contributed by atoms with van der Waals surface area (Å²) in [5, 5.41) is 4.07. The van der Waals surface area contributed by atoms with Crippen molar-refractivity contribution in [3.8, 4) is 17.7 Å². The summed E-state index contributed by atoms with van der Waals surface area (Å²) in [6, 6.07) is 1.60. The molecule has 2 aromatic heterocycles. The number of rotatable bonds is 3. The molecule has 0 spiro atoms. The number of methoxy groups -OCH3 is 2. The van der Waals surface area contributed by atoms with Crippen molar-refractivity contribution in [1.82, 2.24) is 19.7 Å². The fourth-order valence-corrected chi connectivity index (χ4v) is 1.40. The van der Waals surface area contributed by atoms with Crippen molar-refractivity contribution < 1.29 is 9.47 Å². The van der Waals surface area contributed by atoms with Gasteiger partial charge in [-0.05, 0) is 15.9 Å². The van der Waals surface area contributed by atoms with Crippen LogP contribution in [0.15, 0.2) is 22.9 Å². The van der Waals surface area contributed by atoms with E-state index < -0.39 is 0 Å². The van der Waals surface area contributed by atoms with Gasteiger partial charge in [0, 0.05) is 6.20 Å². The van der Waals surface area contributed by atoms with E-state index in [2.05, 4.69) is 31.0 Å². The van der Waals surface area contributed by atoms with Crippen LogP contribution >= 0.6 is 15.9 Å². The fourth-order valence-electron chi connectivity index (χ4n) is 1.11. The molecule has 0 aliphatic heterocycles. The Morgan fingerprint density at radius 2 is 1.81 bits per heavy atom. The third-order valence-electron chi connectivity index (χ3n) is 1.84. The van der Waals surface area contributed by atoms with Crippen molar-refractivity contribution in [3.05, 3.63) is 22.9 Å². The minimum absolute atomic E-state index is 0.391. The van der Waals surface area contributed by atoms with Crippen molar-refractivity contribution in [2.75, 3.05) is 14.2 Å². The first-order valence-electron chi connectivity index (χ1n) is 4.40. The molecule has 0 aliphatic rings. The molecule has 2 aromatic rings. The maximum Gasteiger partial charge on any atom is 0.257 e. The second-order valence-corrected chi connectivity index (χ2v) is 3.77. The average molecular weight is 285 g/mol. The highest BCUT2D eigenvalue weighted by Gasteiger charge is 2.08. The van der Waals surface area contributed by atoms with Crippen LogP contribution in [0.25, 0.3) is 5.95 Å². The molecule has 7 heteroatoms. The fraction of sp³-hybridized carbons (Fsp3) is 0.222. The van der Waals surface area contributed by atoms with E-state index in [0.29, 0.717) is 17.7 Å². The SMILES string of the molecule is COc1cc(OC)nc(-n2cc(Br)cn2)n1. The van der Waals surface area contributed by atoms with Crippen molar-refractivity contribution in [3.63, 3.8) is 0 Å². The summed E-state index contributed by atoms with van der Waals surface area (Å²) >= 11 is 3.30. The Balaban J connectivity index is 2.47. The van der Waals surface area contributed by atoms with E-state index in [9.17, 15) is 0 Å². The number of hydrogen-bond acceptors (Lipinski definition) is 5. The Morgan fingerprint density at radius 1 is 1.19 bits per heavy atom. The van der Waals surface area contributed by atoms with Gasteiger partial charge >= 0.3 is 0 Å². The molecule has 0 saturated carbocycles. The molecule has 0 atom stereocenters. The first-order valence-corrected chi connectivity index (χ1v) is 5.20. The van der Waals surface area contributed by atoms with Gasteiger partial charge in [-0.15, -0.1) is 0 Å². The average Bonchev–Trinajstić information content (AvgIpc) is 2.75. The lowest BCUT2D eigenvalue weighted by molar-refractivity contribution is 0.370. The number of ether oxygens (including phenoxy) is 2. The van der Waals surface area contributed by atoms with Gasteiger partial charge in [-0.25, -0.2) is 4.68 Å². The quantitative estimate of drug-likeness (QED) is 0.854. The van der Waals surface area contributed by atoms with E-state index in [-0.39, 0.29) is 0 Å². The van der Waals surface area contributed by atoms with Crippen molar-refractivity contribution in [1.29, 1.82) is 0 Å². The lowest BCUT2D eigenvalue weighted by atomic mass is 10.6. The van der Waals surface area contributed by atoms with Gasteiger partial charge in [0.25, 0.3) is 5.95 Å². The molecule has 2 rings (SSSR count). The van der Waals surface area contributed by atoms with E-state index >= 15 is 0 Å². The minimum Gasteiger partial charge on any atom is -0.481 e. The van der Waals surface area contributed by atoms with E-state index in [1.807, 2.05) is 0 Å². The molecule has 84 valence electrons. The standard InChI is InChI=1S/C9H9BrN4O2/c1-15-7-3-8(16-2)13-9(12-7)14-5-6(10)4-11-14/h3-5H,1-2H3. The summed E-state index contributed by atoms with van der Waals surface area (Å²) in [5.41, 5.74) is 0. The predicted octanol–water partition coefficient (Wildman–Crippen LogP) is 1.44. The van der Waals surface area contributed by atoms with Crippen LogP contribution in [0.5, 0.6) is 11.8 Å². The number of aromatic nitrogens is 4. The van der Waals surface area contributed by atoms with Gasteiger partial charge in [0.1, 0.15) is 0 Å². The highest BCUT2D eigenvalue weighted by atomic mass is 79.9. The second kappa shape index (κ2) is 4.48. The van der Waals surface area contributed by atoms with E-state index in [1.165, 1.54) is 18.9 Å². The zero-order chi connectivity index (χ0) is 11.5. The molecule has 0 bridgehead atoms. The van der Waals surface area contributed by atoms with Gasteiger partial charge in [0.2, 0.25) is 11.8 Å². The molecule has 0 radical (unpaired) electrons. The van der Waals surface area contributed by atoms with Gasteiger partial charge < -0.3 is 9.47 Å². The third kappa shape index (κ3) is 2.13. The summed E-state index contributed by atoms with van der Waals surface area (Å²) in [7, 11) is 3.06. The molecular formula is C9H9BrN4O2. The molecule has 0 amide bonds. The summed E-state index contributed by atoms with van der Waals surface area (Å²) < 4.78 is 12.5. The lowest BCUT2D eigenvalue weighted by Gasteiger charge is -2.05. The predicted molar refractivity (Wildman–Crippen MR) is 60.0 cm³/mol. The van der Waals surface area contributed by atoms with Crippen LogP contribution < -0.4 is 9.47 Å². The Kier molecular flexibility index (Phi) is 3.04. The van der Waals surface area contributed by atoms with Crippen LogP contribution in [0.2, 0.25) is 0 Å². The topological polar surface area (TPSA) is 62.1 Å². The Hall–Kier alpha value is -1.63. The molecule has 16 heavy (non-hydrogen) atoms. The minimum atomic E-state index is 0.391. The van der Waals surface area contributed by atoms with Gasteiger partial charge in [0.05, 0.1) is 31.0 Å². The van der Waals surface area contributed by atoms with Crippen LogP contribution in [0.3, 0.4) is 0 Å². The van der Waals surface area contributed by atoms with Crippen molar-refractivity contribution >= 4 is 15.9 Å². The molecule has 0 aliphatic carbocycles. The van der Waals surface area contributed by atoms with Crippen LogP contribution in [0.1, 0.15) is 0 Å². The molecule has 0 saturated heterocycles. The molecule has 6 nitrogen and oxygen atoms in total. The van der Waals surface area contributed by atoms with Gasteiger partial charge in [-0.3, -0.25) is 0 Å². The first kappa shape index (κ1) is 10.9. The zero-order valence-corrected chi connectivity index (χ0v) is 10.3. The van der Waals surface area contributed by atoms with Gasteiger partial charge in [-0.1, -0.05) is 0 Å². The molecule has 2 heterocycles. The Morgan fingerprint density at radius 3 is 2.25 bits per heavy atom. The number of halogens is 1. The maximum absolute atomic E-state index is 5.04. The van der Waals surface area contributed by atoms with Crippen LogP contribution in [-0.4, -0.2) is 34.0 Å². The summed E-state index contributed by atoms with van der Waals surface area (Å²) in [4.78, 5) is 8.30. The second-order valence-electron chi connectivity index (χ2n) is 2.86. The third-order valence-corrected chi connectivity index (χ3v) is 2.25. The zero-order valence-electron chi connectivity index (χ0n) is 8.72. The molecule has 0 unspecified atom stereocenters. The largest absolute Gasteiger partial charge is 0.481 e. The van der Waals surface area contributed by atoms with E-state index in [0.717, 1.165) is 4.47 Å². The maximum atomic E-state index is 5.04. The Bertz CT molecular complexity index is 478. The van der Waals surface area contributed by atoms with E-state index in [4.69, 9.17) is 9.47 Å². The van der Waals surface area contributed by atoms with Crippen molar-refractivity contribution in [2.45, 2.75) is 0 Å². The van der Waals surface area contributed by atoms with Crippen LogP contribution in [-0.2, 0) is 0 Å². The van der Waals surface area contributed by atoms with Gasteiger partial charge in [0.15, 0.2) is 0 Å². The summed E-state index contributed by atoms with van der Waals surface area (Å²) in [6.07, 6.45) is 3.39. The molecular weight excluding hydrogens is 276 g/mol.